The number of anilines is 2. The van der Waals surface area contributed by atoms with Gasteiger partial charge in [0, 0.05) is 50.5 Å². The average molecular weight is 644 g/mol. The smallest absolute Gasteiger partial charge is 0.345 e. The van der Waals surface area contributed by atoms with E-state index in [1.807, 2.05) is 31.3 Å². The number of carboxylic acid groups (broad SMARTS) is 1. The molecule has 6 rings (SSSR count). The molecule has 244 valence electrons. The lowest BCUT2D eigenvalue weighted by Gasteiger charge is -2.31. The van der Waals surface area contributed by atoms with Crippen LogP contribution in [0.3, 0.4) is 0 Å². The van der Waals surface area contributed by atoms with Crippen LogP contribution in [-0.4, -0.2) is 54.9 Å². The molecule has 1 N–H and O–H groups in total. The van der Waals surface area contributed by atoms with Crippen molar-refractivity contribution in [2.45, 2.75) is 64.9 Å². The van der Waals surface area contributed by atoms with Crippen molar-refractivity contribution in [2.24, 2.45) is 13.0 Å². The topological polar surface area (TPSA) is 84.2 Å². The predicted molar refractivity (Wildman–Crippen MR) is 186 cm³/mol. The molecule has 2 aromatic heterocycles. The zero-order valence-electron chi connectivity index (χ0n) is 27.4. The number of aryl methyl sites for hydroxylation is 1. The first-order valence-corrected chi connectivity index (χ1v) is 17.3. The van der Waals surface area contributed by atoms with Crippen molar-refractivity contribution in [3.8, 4) is 17.0 Å². The molecule has 1 aliphatic carbocycles. The maximum atomic E-state index is 12.9. The van der Waals surface area contributed by atoms with Gasteiger partial charge in [-0.05, 0) is 84.3 Å². The average Bonchev–Trinajstić information content (AvgIpc) is 3.62. The van der Waals surface area contributed by atoms with Gasteiger partial charge in [0.2, 0.25) is 5.91 Å². The first-order valence-electron chi connectivity index (χ1n) is 16.5. The Morgan fingerprint density at radius 3 is 2.43 bits per heavy atom. The van der Waals surface area contributed by atoms with Crippen LogP contribution < -0.4 is 14.5 Å². The highest BCUT2D eigenvalue weighted by Crippen LogP contribution is 2.46. The van der Waals surface area contributed by atoms with Gasteiger partial charge in [0.25, 0.3) is 0 Å². The number of thiophene rings is 1. The molecule has 0 bridgehead atoms. The summed E-state index contributed by atoms with van der Waals surface area (Å²) in [6.07, 6.45) is 6.45. The number of aromatic nitrogens is 1. The number of carbonyl (C=O) groups excluding carboxylic acids is 1. The van der Waals surface area contributed by atoms with Crippen LogP contribution in [0.4, 0.5) is 11.4 Å². The standard InChI is InChI=1S/C37H45N3O5S/c1-24(2)20-33(41)38(3)28-12-15-30(40-16-18-44-19-17-40)27(21-28)23-45-29-13-10-26(11-14-29)35-34(25-8-6-5-7-9-25)36-31(39(35)4)22-32(46-36)37(42)43/h10-15,21-22,24-25H,5-9,16-20,23H2,1-4H3,(H,42,43). The summed E-state index contributed by atoms with van der Waals surface area (Å²) in [6.45, 7) is 7.50. The van der Waals surface area contributed by atoms with Crippen molar-refractivity contribution in [2.75, 3.05) is 43.2 Å². The first kappa shape index (κ1) is 32.1. The third-order valence-electron chi connectivity index (χ3n) is 9.41. The lowest BCUT2D eigenvalue weighted by molar-refractivity contribution is -0.119. The molecule has 2 aliphatic rings. The van der Waals surface area contributed by atoms with Gasteiger partial charge in [-0.25, -0.2) is 4.79 Å². The Hall–Kier alpha value is -3.82. The molecule has 3 heterocycles. The van der Waals surface area contributed by atoms with Crippen LogP contribution >= 0.6 is 11.3 Å². The van der Waals surface area contributed by atoms with Crippen molar-refractivity contribution in [1.82, 2.24) is 4.57 Å². The molecule has 1 saturated carbocycles. The number of fused-ring (bicyclic) bond motifs is 1. The van der Waals surface area contributed by atoms with E-state index < -0.39 is 5.97 Å². The van der Waals surface area contributed by atoms with Crippen LogP contribution in [-0.2, 0) is 23.2 Å². The molecule has 0 spiro atoms. The zero-order valence-corrected chi connectivity index (χ0v) is 28.2. The Labute approximate surface area is 275 Å². The summed E-state index contributed by atoms with van der Waals surface area (Å²) in [4.78, 5) is 29.1. The number of nitrogens with zero attached hydrogens (tertiary/aromatic N) is 3. The Kier molecular flexibility index (Phi) is 9.70. The summed E-state index contributed by atoms with van der Waals surface area (Å²) in [5.41, 5.74) is 7.57. The minimum Gasteiger partial charge on any atom is -0.489 e. The van der Waals surface area contributed by atoms with Crippen molar-refractivity contribution in [1.29, 1.82) is 0 Å². The van der Waals surface area contributed by atoms with Gasteiger partial charge in [-0.15, -0.1) is 11.3 Å². The number of morpholine rings is 1. The highest BCUT2D eigenvalue weighted by atomic mass is 32.1. The second kappa shape index (κ2) is 13.9. The molecule has 1 aliphatic heterocycles. The van der Waals surface area contributed by atoms with Crippen LogP contribution in [0.15, 0.2) is 48.5 Å². The van der Waals surface area contributed by atoms with Crippen molar-refractivity contribution < 1.29 is 24.2 Å². The fourth-order valence-corrected chi connectivity index (χ4v) is 8.12. The van der Waals surface area contributed by atoms with Crippen LogP contribution in [0, 0.1) is 5.92 Å². The summed E-state index contributed by atoms with van der Waals surface area (Å²) < 4.78 is 15.3. The van der Waals surface area contributed by atoms with Gasteiger partial charge in [-0.2, -0.15) is 0 Å². The van der Waals surface area contributed by atoms with Crippen LogP contribution in [0.1, 0.15) is 79.1 Å². The summed E-state index contributed by atoms with van der Waals surface area (Å²) in [7, 11) is 3.89. The van der Waals surface area contributed by atoms with E-state index in [0.29, 0.717) is 43.0 Å². The quantitative estimate of drug-likeness (QED) is 0.188. The number of rotatable bonds is 10. The highest BCUT2D eigenvalue weighted by Gasteiger charge is 2.28. The van der Waals surface area contributed by atoms with Gasteiger partial charge in [0.15, 0.2) is 0 Å². The zero-order chi connectivity index (χ0) is 32.4. The second-order valence-corrected chi connectivity index (χ2v) is 14.1. The third kappa shape index (κ3) is 6.67. The molecule has 2 fully saturated rings. The summed E-state index contributed by atoms with van der Waals surface area (Å²) in [6, 6.07) is 16.3. The molecule has 8 nitrogen and oxygen atoms in total. The molecular weight excluding hydrogens is 598 g/mol. The number of carboxylic acids is 1. The minimum absolute atomic E-state index is 0.101. The van der Waals surface area contributed by atoms with E-state index in [9.17, 15) is 14.7 Å². The first-order chi connectivity index (χ1) is 22.2. The summed E-state index contributed by atoms with van der Waals surface area (Å²) >= 11 is 1.40. The van der Waals surface area contributed by atoms with Gasteiger partial charge in [0.1, 0.15) is 17.2 Å². The number of aromatic carboxylic acids is 1. The van der Waals surface area contributed by atoms with E-state index in [2.05, 4.69) is 54.6 Å². The molecule has 1 saturated heterocycles. The summed E-state index contributed by atoms with van der Waals surface area (Å²) in [5.74, 6) is 0.731. The Morgan fingerprint density at radius 1 is 1.04 bits per heavy atom. The van der Waals surface area contributed by atoms with Crippen molar-refractivity contribution in [3.05, 3.63) is 64.5 Å². The number of hydrogen-bond donors (Lipinski definition) is 1. The molecule has 1 amide bonds. The maximum Gasteiger partial charge on any atom is 0.345 e. The van der Waals surface area contributed by atoms with Crippen LogP contribution in [0.2, 0.25) is 0 Å². The third-order valence-corrected chi connectivity index (χ3v) is 10.6. The summed E-state index contributed by atoms with van der Waals surface area (Å²) in [5, 5.41) is 9.70. The molecule has 0 atom stereocenters. The molecule has 4 aromatic rings. The lowest BCUT2D eigenvalue weighted by Crippen LogP contribution is -2.37. The van der Waals surface area contributed by atoms with E-state index >= 15 is 0 Å². The maximum absolute atomic E-state index is 12.9. The number of carbonyl (C=O) groups is 2. The molecular formula is C37H45N3O5S. The monoisotopic (exact) mass is 643 g/mol. The van der Waals surface area contributed by atoms with Gasteiger partial charge < -0.3 is 28.9 Å². The largest absolute Gasteiger partial charge is 0.489 e. The Balaban J connectivity index is 1.27. The normalized spacial score (nSPS) is 15.9. The fraction of sp³-hybridized carbons (Fsp3) is 0.459. The van der Waals surface area contributed by atoms with Gasteiger partial charge >= 0.3 is 5.97 Å². The molecule has 46 heavy (non-hydrogen) atoms. The molecule has 2 aromatic carbocycles. The van der Waals surface area contributed by atoms with Crippen molar-refractivity contribution in [3.63, 3.8) is 0 Å². The highest BCUT2D eigenvalue weighted by molar-refractivity contribution is 7.21. The van der Waals surface area contributed by atoms with E-state index in [4.69, 9.17) is 9.47 Å². The van der Waals surface area contributed by atoms with E-state index in [0.717, 1.165) is 64.4 Å². The number of benzene rings is 2. The van der Waals surface area contributed by atoms with Crippen LogP contribution in [0.5, 0.6) is 5.75 Å². The predicted octanol–water partition coefficient (Wildman–Crippen LogP) is 8.08. The van der Waals surface area contributed by atoms with Crippen molar-refractivity contribution >= 4 is 44.8 Å². The number of ether oxygens (including phenoxy) is 2. The van der Waals surface area contributed by atoms with Gasteiger partial charge in [0.05, 0.1) is 29.1 Å². The van der Waals surface area contributed by atoms with E-state index in [-0.39, 0.29) is 5.91 Å². The van der Waals surface area contributed by atoms with Gasteiger partial charge in [-0.3, -0.25) is 4.79 Å². The molecule has 9 heteroatoms. The minimum atomic E-state index is -0.866. The fourth-order valence-electron chi connectivity index (χ4n) is 6.97. The Bertz CT molecular complexity index is 1690. The van der Waals surface area contributed by atoms with E-state index in [1.54, 1.807) is 4.90 Å². The SMILES string of the molecule is CC(C)CC(=O)N(C)c1ccc(N2CCOCC2)c(COc2ccc(-c3c(C4CCCCC4)c4sc(C(=O)O)cc4n3C)cc2)c1. The Morgan fingerprint density at radius 2 is 1.76 bits per heavy atom. The van der Waals surface area contributed by atoms with E-state index in [1.165, 1.54) is 41.9 Å². The van der Waals surface area contributed by atoms with Crippen LogP contribution in [0.25, 0.3) is 21.5 Å². The van der Waals surface area contributed by atoms with Gasteiger partial charge in [-0.1, -0.05) is 33.1 Å². The number of amides is 1. The second-order valence-electron chi connectivity index (χ2n) is 13.1. The molecule has 0 radical (unpaired) electrons. The molecule has 0 unspecified atom stereocenters. The lowest BCUT2D eigenvalue weighted by atomic mass is 9.83. The number of hydrogen-bond acceptors (Lipinski definition) is 6.